The van der Waals surface area contributed by atoms with Gasteiger partial charge in [-0.1, -0.05) is 0 Å². The molecule has 4 heterocycles. The third kappa shape index (κ3) is 3.50. The van der Waals surface area contributed by atoms with Crippen LogP contribution in [0, 0.1) is 0 Å². The summed E-state index contributed by atoms with van der Waals surface area (Å²) >= 11 is 0. The van der Waals surface area contributed by atoms with E-state index in [1.807, 2.05) is 41.2 Å². The van der Waals surface area contributed by atoms with Crippen LogP contribution in [-0.2, 0) is 24.4 Å². The highest BCUT2D eigenvalue weighted by Gasteiger charge is 2.17. The molecule has 0 aliphatic heterocycles. The Kier molecular flexibility index (Phi) is 5.71. The van der Waals surface area contributed by atoms with Crippen molar-refractivity contribution in [2.24, 2.45) is 0 Å². The van der Waals surface area contributed by atoms with Crippen molar-refractivity contribution in [3.05, 3.63) is 48.2 Å². The summed E-state index contributed by atoms with van der Waals surface area (Å²) in [6, 6.07) is 7.48. The van der Waals surface area contributed by atoms with Gasteiger partial charge < -0.3 is 27.8 Å². The van der Waals surface area contributed by atoms with Crippen molar-refractivity contribution < 1.29 is 23.5 Å². The lowest BCUT2D eigenvalue weighted by Gasteiger charge is -2.05. The number of aliphatic hydroxyl groups is 1. The van der Waals surface area contributed by atoms with Crippen molar-refractivity contribution in [3.63, 3.8) is 0 Å². The first kappa shape index (κ1) is 18.8. The highest BCUT2D eigenvalue weighted by Crippen LogP contribution is 2.22. The summed E-state index contributed by atoms with van der Waals surface area (Å²) in [5.74, 6) is -0.300. The third-order valence-electron chi connectivity index (χ3n) is 4.37. The number of carbonyl (C=O) groups excluding carboxylic acids is 1. The van der Waals surface area contributed by atoms with E-state index in [-0.39, 0.29) is 12.6 Å². The number of ether oxygens (including phenoxy) is 1. The second-order valence-corrected chi connectivity index (χ2v) is 5.89. The minimum Gasteiger partial charge on any atom is -0.461 e. The first-order chi connectivity index (χ1) is 13.1. The molecule has 0 atom stereocenters. The predicted molar refractivity (Wildman–Crippen MR) is 102 cm³/mol. The van der Waals surface area contributed by atoms with Crippen molar-refractivity contribution in [1.82, 2.24) is 9.13 Å². The molecule has 7 heteroatoms. The molecule has 0 unspecified atom stereocenters. The van der Waals surface area contributed by atoms with E-state index in [9.17, 15) is 4.79 Å². The molecule has 4 rings (SSSR count). The van der Waals surface area contributed by atoms with E-state index in [1.165, 1.54) is 0 Å². The van der Waals surface area contributed by atoms with Crippen LogP contribution < -0.4 is 0 Å². The first-order valence-electron chi connectivity index (χ1n) is 9.04. The minimum absolute atomic E-state index is 0.0675. The molecule has 0 saturated heterocycles. The van der Waals surface area contributed by atoms with Crippen LogP contribution in [-0.4, -0.2) is 26.8 Å². The van der Waals surface area contributed by atoms with Crippen molar-refractivity contribution in [1.29, 1.82) is 0 Å². The number of aliphatic hydroxyl groups excluding tert-OH is 1. The fraction of sp³-hybridized carbons (Fsp3) is 0.350. The summed E-state index contributed by atoms with van der Waals surface area (Å²) in [4.78, 5) is 11.6. The van der Waals surface area contributed by atoms with Gasteiger partial charge in [-0.2, -0.15) is 0 Å². The largest absolute Gasteiger partial charge is 0.461 e. The normalized spacial score (nSPS) is 11.0. The maximum absolute atomic E-state index is 11.6. The van der Waals surface area contributed by atoms with Gasteiger partial charge in [-0.3, -0.25) is 0 Å². The summed E-state index contributed by atoms with van der Waals surface area (Å²) in [5, 5.41) is 11.0. The Morgan fingerprint density at radius 2 is 1.59 bits per heavy atom. The van der Waals surface area contributed by atoms with E-state index in [2.05, 4.69) is 0 Å². The second kappa shape index (κ2) is 8.18. The summed E-state index contributed by atoms with van der Waals surface area (Å²) in [7, 11) is 0. The number of hydrogen-bond acceptors (Lipinski definition) is 5. The van der Waals surface area contributed by atoms with E-state index in [0.29, 0.717) is 18.8 Å². The number of nitrogens with zero attached hydrogens (tertiary/aromatic N) is 2. The van der Waals surface area contributed by atoms with Crippen LogP contribution >= 0.6 is 0 Å². The molecular formula is C20H24N2O5. The lowest BCUT2D eigenvalue weighted by atomic mass is 10.3. The molecule has 7 nitrogen and oxygen atoms in total. The number of carbonyl (C=O) groups is 1. The summed E-state index contributed by atoms with van der Waals surface area (Å²) in [6.07, 6.45) is 3.28. The smallest absolute Gasteiger partial charge is 0.355 e. The third-order valence-corrected chi connectivity index (χ3v) is 4.37. The maximum Gasteiger partial charge on any atom is 0.355 e. The van der Waals surface area contributed by atoms with Crippen molar-refractivity contribution in [2.75, 3.05) is 6.61 Å². The highest BCUT2D eigenvalue weighted by molar-refractivity contribution is 5.94. The molecule has 4 aromatic heterocycles. The van der Waals surface area contributed by atoms with E-state index >= 15 is 0 Å². The lowest BCUT2D eigenvalue weighted by molar-refractivity contribution is 0.0514. The lowest BCUT2D eigenvalue weighted by Crippen LogP contribution is -2.11. The molecule has 0 aromatic carbocycles. The number of aryl methyl sites for hydroxylation is 2. The van der Waals surface area contributed by atoms with Crippen LogP contribution in [0.25, 0.3) is 22.2 Å². The number of esters is 1. The predicted octanol–water partition coefficient (Wildman–Crippen LogP) is 4.18. The maximum atomic E-state index is 11.6. The van der Waals surface area contributed by atoms with Crippen LogP contribution in [0.2, 0.25) is 0 Å². The molecule has 1 N–H and O–H groups in total. The van der Waals surface area contributed by atoms with Gasteiger partial charge in [0.25, 0.3) is 0 Å². The van der Waals surface area contributed by atoms with E-state index in [4.69, 9.17) is 18.7 Å². The van der Waals surface area contributed by atoms with Gasteiger partial charge in [0.05, 0.1) is 25.7 Å². The summed E-state index contributed by atoms with van der Waals surface area (Å²) < 4.78 is 19.3. The van der Waals surface area contributed by atoms with E-state index in [1.54, 1.807) is 25.5 Å². The Balaban J connectivity index is 0.000000159. The molecule has 0 fully saturated rings. The molecule has 0 aliphatic rings. The van der Waals surface area contributed by atoms with E-state index in [0.717, 1.165) is 34.4 Å². The standard InChI is InChI=1S/C11H13NO3.C9H11NO2/c1-3-12-9(11(13)14-4-2)7-8-5-6-15-10(8)12;1-2-10-8(6-11)5-7-3-4-12-9(7)10/h5-7H,3-4H2,1-2H3;3-5,11H,2,6H2,1H3. The van der Waals surface area contributed by atoms with Gasteiger partial charge in [-0.05, 0) is 45.0 Å². The zero-order valence-corrected chi connectivity index (χ0v) is 15.8. The average molecular weight is 372 g/mol. The van der Waals surface area contributed by atoms with Crippen LogP contribution in [0.4, 0.5) is 0 Å². The van der Waals surface area contributed by atoms with Crippen LogP contribution in [0.3, 0.4) is 0 Å². The summed E-state index contributed by atoms with van der Waals surface area (Å²) in [5.41, 5.74) is 3.03. The Hall–Kier alpha value is -2.93. The molecule has 0 bridgehead atoms. The molecule has 144 valence electrons. The molecule has 4 aromatic rings. The van der Waals surface area contributed by atoms with Gasteiger partial charge in [0.2, 0.25) is 11.4 Å². The first-order valence-corrected chi connectivity index (χ1v) is 9.04. The van der Waals surface area contributed by atoms with Gasteiger partial charge in [-0.25, -0.2) is 4.79 Å². The quantitative estimate of drug-likeness (QED) is 0.532. The Bertz CT molecular complexity index is 1030. The van der Waals surface area contributed by atoms with E-state index < -0.39 is 0 Å². The van der Waals surface area contributed by atoms with Crippen molar-refractivity contribution in [2.45, 2.75) is 40.5 Å². The Morgan fingerprint density at radius 1 is 1.00 bits per heavy atom. The topological polar surface area (TPSA) is 82.7 Å². The van der Waals surface area contributed by atoms with Crippen molar-refractivity contribution >= 4 is 28.2 Å². The Labute approximate surface area is 156 Å². The number of hydrogen-bond donors (Lipinski definition) is 1. The SMILES string of the molecule is CCOC(=O)c1cc2ccoc2n1CC.CCn1c(CO)cc2ccoc21. The highest BCUT2D eigenvalue weighted by atomic mass is 16.5. The zero-order valence-electron chi connectivity index (χ0n) is 15.8. The number of furan rings is 2. The van der Waals surface area contributed by atoms with Crippen LogP contribution in [0.5, 0.6) is 0 Å². The molecule has 0 amide bonds. The average Bonchev–Trinajstić information content (AvgIpc) is 3.41. The van der Waals surface area contributed by atoms with Crippen LogP contribution in [0.15, 0.2) is 45.6 Å². The summed E-state index contributed by atoms with van der Waals surface area (Å²) in [6.45, 7) is 7.75. The minimum atomic E-state index is -0.300. The molecule has 0 spiro atoms. The molecule has 0 saturated carbocycles. The van der Waals surface area contributed by atoms with Gasteiger partial charge in [0, 0.05) is 29.6 Å². The van der Waals surface area contributed by atoms with Crippen LogP contribution in [0.1, 0.15) is 37.0 Å². The van der Waals surface area contributed by atoms with Gasteiger partial charge >= 0.3 is 5.97 Å². The second-order valence-electron chi connectivity index (χ2n) is 5.89. The number of fused-ring (bicyclic) bond motifs is 2. The fourth-order valence-electron chi connectivity index (χ4n) is 3.17. The van der Waals surface area contributed by atoms with Crippen molar-refractivity contribution in [3.8, 4) is 0 Å². The van der Waals surface area contributed by atoms with Gasteiger partial charge in [0.1, 0.15) is 5.69 Å². The number of aromatic nitrogens is 2. The number of rotatable bonds is 5. The Morgan fingerprint density at radius 3 is 2.15 bits per heavy atom. The fourth-order valence-corrected chi connectivity index (χ4v) is 3.17. The van der Waals surface area contributed by atoms with Gasteiger partial charge in [-0.15, -0.1) is 0 Å². The zero-order chi connectivity index (χ0) is 19.4. The molecule has 0 radical (unpaired) electrons. The van der Waals surface area contributed by atoms with Gasteiger partial charge in [0.15, 0.2) is 0 Å². The molecule has 0 aliphatic carbocycles. The monoisotopic (exact) mass is 372 g/mol. The molecule has 27 heavy (non-hydrogen) atoms. The molecular weight excluding hydrogens is 348 g/mol.